The molecular formula is C26H33N3O3. The number of amides is 1. The van der Waals surface area contributed by atoms with Gasteiger partial charge in [0.15, 0.2) is 6.10 Å². The van der Waals surface area contributed by atoms with E-state index in [9.17, 15) is 4.79 Å². The minimum absolute atomic E-state index is 0.0817. The number of carbonyl (C=O) groups is 1. The standard InChI is InChI=1S/C26H33N3O3/c1-16(2)21-13-8-17(3)14-22(21)31-18(4)25(30)27-15-23-28-24(29-32-23)19-9-11-20(12-10-19)26(5,6)7/h8-14,16,18H,15H2,1-7H3,(H,27,30). The van der Waals surface area contributed by atoms with Crippen LogP contribution < -0.4 is 10.1 Å². The van der Waals surface area contributed by atoms with Gasteiger partial charge in [0.2, 0.25) is 11.7 Å². The molecular weight excluding hydrogens is 402 g/mol. The van der Waals surface area contributed by atoms with E-state index in [4.69, 9.17) is 9.26 Å². The van der Waals surface area contributed by atoms with Crippen LogP contribution in [-0.2, 0) is 16.8 Å². The molecule has 3 rings (SSSR count). The van der Waals surface area contributed by atoms with Crippen LogP contribution in [0.3, 0.4) is 0 Å². The van der Waals surface area contributed by atoms with E-state index in [2.05, 4.69) is 68.3 Å². The maximum absolute atomic E-state index is 12.6. The Bertz CT molecular complexity index is 1060. The molecule has 0 bridgehead atoms. The molecule has 0 spiro atoms. The Kier molecular flexibility index (Phi) is 7.02. The lowest BCUT2D eigenvalue weighted by atomic mass is 9.87. The number of nitrogens with zero attached hydrogens (tertiary/aromatic N) is 2. The molecule has 6 heteroatoms. The van der Waals surface area contributed by atoms with Crippen LogP contribution in [0.4, 0.5) is 0 Å². The fourth-order valence-electron chi connectivity index (χ4n) is 3.33. The van der Waals surface area contributed by atoms with Crippen molar-refractivity contribution >= 4 is 5.91 Å². The number of hydrogen-bond donors (Lipinski definition) is 1. The van der Waals surface area contributed by atoms with Crippen LogP contribution in [0.5, 0.6) is 5.75 Å². The highest BCUT2D eigenvalue weighted by molar-refractivity contribution is 5.80. The molecule has 1 amide bonds. The molecule has 0 aliphatic heterocycles. The first-order valence-corrected chi connectivity index (χ1v) is 11.0. The molecule has 0 radical (unpaired) electrons. The Hall–Kier alpha value is -3.15. The molecule has 0 fully saturated rings. The lowest BCUT2D eigenvalue weighted by Crippen LogP contribution is -2.36. The topological polar surface area (TPSA) is 77.2 Å². The van der Waals surface area contributed by atoms with Crippen molar-refractivity contribution in [3.63, 3.8) is 0 Å². The van der Waals surface area contributed by atoms with E-state index in [-0.39, 0.29) is 17.9 Å². The van der Waals surface area contributed by atoms with Gasteiger partial charge in [-0.25, -0.2) is 0 Å². The molecule has 0 aliphatic carbocycles. The average molecular weight is 436 g/mol. The Labute approximate surface area is 190 Å². The fraction of sp³-hybridized carbons (Fsp3) is 0.423. The second-order valence-electron chi connectivity index (χ2n) is 9.51. The van der Waals surface area contributed by atoms with E-state index in [0.717, 1.165) is 22.4 Å². The van der Waals surface area contributed by atoms with Crippen molar-refractivity contribution < 1.29 is 14.1 Å². The fourth-order valence-corrected chi connectivity index (χ4v) is 3.33. The zero-order chi connectivity index (χ0) is 23.5. The lowest BCUT2D eigenvalue weighted by Gasteiger charge is -2.19. The van der Waals surface area contributed by atoms with Gasteiger partial charge in [-0.2, -0.15) is 4.98 Å². The Morgan fingerprint density at radius 1 is 1.09 bits per heavy atom. The largest absolute Gasteiger partial charge is 0.481 e. The minimum atomic E-state index is -0.651. The molecule has 170 valence electrons. The summed E-state index contributed by atoms with van der Waals surface area (Å²) in [6, 6.07) is 14.2. The summed E-state index contributed by atoms with van der Waals surface area (Å²) in [5.41, 5.74) is 4.36. The number of hydrogen-bond acceptors (Lipinski definition) is 5. The average Bonchev–Trinajstić information content (AvgIpc) is 3.20. The van der Waals surface area contributed by atoms with Gasteiger partial charge in [-0.05, 0) is 47.9 Å². The van der Waals surface area contributed by atoms with Gasteiger partial charge < -0.3 is 14.6 Å². The highest BCUT2D eigenvalue weighted by Gasteiger charge is 2.19. The number of rotatable bonds is 7. The predicted octanol–water partition coefficient (Wildman–Crippen LogP) is 5.55. The molecule has 0 aliphatic rings. The van der Waals surface area contributed by atoms with Crippen LogP contribution in [0.25, 0.3) is 11.4 Å². The van der Waals surface area contributed by atoms with Gasteiger partial charge in [-0.3, -0.25) is 4.79 Å². The summed E-state index contributed by atoms with van der Waals surface area (Å²) in [6.07, 6.45) is -0.651. The van der Waals surface area contributed by atoms with E-state index in [0.29, 0.717) is 17.6 Å². The molecule has 3 aromatic rings. The van der Waals surface area contributed by atoms with Crippen LogP contribution in [0, 0.1) is 6.92 Å². The summed E-state index contributed by atoms with van der Waals surface area (Å²) in [4.78, 5) is 17.0. The van der Waals surface area contributed by atoms with Gasteiger partial charge in [0.25, 0.3) is 5.91 Å². The van der Waals surface area contributed by atoms with Crippen molar-refractivity contribution in [3.8, 4) is 17.1 Å². The number of aryl methyl sites for hydroxylation is 1. The molecule has 1 heterocycles. The second-order valence-corrected chi connectivity index (χ2v) is 9.51. The maximum Gasteiger partial charge on any atom is 0.261 e. The molecule has 1 aromatic heterocycles. The SMILES string of the molecule is Cc1ccc(C(C)C)c(OC(C)C(=O)NCc2nc(-c3ccc(C(C)(C)C)cc3)no2)c1. The first-order valence-electron chi connectivity index (χ1n) is 11.0. The number of carbonyl (C=O) groups excluding carboxylic acids is 1. The quantitative estimate of drug-likeness (QED) is 0.526. The smallest absolute Gasteiger partial charge is 0.261 e. The van der Waals surface area contributed by atoms with E-state index in [1.54, 1.807) is 6.92 Å². The van der Waals surface area contributed by atoms with E-state index in [1.165, 1.54) is 5.56 Å². The Morgan fingerprint density at radius 3 is 2.41 bits per heavy atom. The Morgan fingerprint density at radius 2 is 1.78 bits per heavy atom. The van der Waals surface area contributed by atoms with Crippen molar-refractivity contribution in [2.45, 2.75) is 72.4 Å². The third-order valence-electron chi connectivity index (χ3n) is 5.36. The van der Waals surface area contributed by atoms with Gasteiger partial charge >= 0.3 is 0 Å². The normalized spacial score (nSPS) is 12.6. The lowest BCUT2D eigenvalue weighted by molar-refractivity contribution is -0.127. The van der Waals surface area contributed by atoms with Gasteiger partial charge in [-0.1, -0.05) is 76.2 Å². The summed E-state index contributed by atoms with van der Waals surface area (Å²) >= 11 is 0. The zero-order valence-corrected chi connectivity index (χ0v) is 20.0. The molecule has 0 saturated heterocycles. The number of aromatic nitrogens is 2. The van der Waals surface area contributed by atoms with E-state index in [1.807, 2.05) is 31.2 Å². The van der Waals surface area contributed by atoms with Gasteiger partial charge in [-0.15, -0.1) is 0 Å². The Balaban J connectivity index is 1.60. The summed E-state index contributed by atoms with van der Waals surface area (Å²) in [7, 11) is 0. The number of benzene rings is 2. The first kappa shape index (κ1) is 23.5. The molecule has 1 unspecified atom stereocenters. The molecule has 6 nitrogen and oxygen atoms in total. The van der Waals surface area contributed by atoms with Gasteiger partial charge in [0, 0.05) is 5.56 Å². The highest BCUT2D eigenvalue weighted by atomic mass is 16.5. The van der Waals surface area contributed by atoms with E-state index < -0.39 is 6.10 Å². The second kappa shape index (κ2) is 9.55. The van der Waals surface area contributed by atoms with E-state index >= 15 is 0 Å². The third kappa shape index (κ3) is 5.75. The van der Waals surface area contributed by atoms with Crippen LogP contribution in [0.1, 0.15) is 70.0 Å². The van der Waals surface area contributed by atoms with Gasteiger partial charge in [0.1, 0.15) is 5.75 Å². The van der Waals surface area contributed by atoms with Crippen molar-refractivity contribution in [2.75, 3.05) is 0 Å². The van der Waals surface area contributed by atoms with Crippen LogP contribution >= 0.6 is 0 Å². The number of ether oxygens (including phenoxy) is 1. The van der Waals surface area contributed by atoms with Gasteiger partial charge in [0.05, 0.1) is 6.54 Å². The van der Waals surface area contributed by atoms with Crippen molar-refractivity contribution in [1.29, 1.82) is 0 Å². The molecule has 0 saturated carbocycles. The summed E-state index contributed by atoms with van der Waals surface area (Å²) in [5, 5.41) is 6.86. The summed E-state index contributed by atoms with van der Waals surface area (Å²) in [5.74, 6) is 1.64. The summed E-state index contributed by atoms with van der Waals surface area (Å²) in [6.45, 7) is 14.6. The van der Waals surface area contributed by atoms with Crippen LogP contribution in [0.15, 0.2) is 47.0 Å². The number of nitrogens with one attached hydrogen (secondary N) is 1. The molecule has 32 heavy (non-hydrogen) atoms. The summed E-state index contributed by atoms with van der Waals surface area (Å²) < 4.78 is 11.3. The van der Waals surface area contributed by atoms with Crippen molar-refractivity contribution in [2.24, 2.45) is 0 Å². The monoisotopic (exact) mass is 435 g/mol. The molecule has 1 N–H and O–H groups in total. The molecule has 1 atom stereocenters. The van der Waals surface area contributed by atoms with Crippen LogP contribution in [-0.4, -0.2) is 22.2 Å². The first-order chi connectivity index (χ1) is 15.0. The highest BCUT2D eigenvalue weighted by Crippen LogP contribution is 2.28. The predicted molar refractivity (Wildman–Crippen MR) is 126 cm³/mol. The van der Waals surface area contributed by atoms with Crippen molar-refractivity contribution in [3.05, 3.63) is 65.0 Å². The minimum Gasteiger partial charge on any atom is -0.481 e. The van der Waals surface area contributed by atoms with Crippen molar-refractivity contribution in [1.82, 2.24) is 15.5 Å². The molecule has 2 aromatic carbocycles. The zero-order valence-electron chi connectivity index (χ0n) is 20.0. The third-order valence-corrected chi connectivity index (χ3v) is 5.36. The maximum atomic E-state index is 12.6. The van der Waals surface area contributed by atoms with Crippen LogP contribution in [0.2, 0.25) is 0 Å².